The summed E-state index contributed by atoms with van der Waals surface area (Å²) in [6.07, 6.45) is 3.06. The van der Waals surface area contributed by atoms with Gasteiger partial charge in [0.15, 0.2) is 11.6 Å². The monoisotopic (exact) mass is 591 g/mol. The van der Waals surface area contributed by atoms with Gasteiger partial charge in [0.2, 0.25) is 0 Å². The molecule has 1 aromatic heterocycles. The number of pyridine rings is 1. The van der Waals surface area contributed by atoms with Crippen LogP contribution in [-0.2, 0) is 4.79 Å². The fourth-order valence-corrected chi connectivity index (χ4v) is 6.60. The number of nitrogens with zero attached hydrogens (tertiary/aromatic N) is 3. The summed E-state index contributed by atoms with van der Waals surface area (Å²) >= 11 is 1.06. The maximum absolute atomic E-state index is 14.0. The van der Waals surface area contributed by atoms with Crippen molar-refractivity contribution in [2.45, 2.75) is 43.1 Å². The van der Waals surface area contributed by atoms with Gasteiger partial charge in [0.25, 0.3) is 0 Å². The third-order valence-corrected chi connectivity index (χ3v) is 8.92. The second kappa shape index (κ2) is 13.3. The summed E-state index contributed by atoms with van der Waals surface area (Å²) in [7, 11) is 5.36. The number of piperidine rings is 1. The number of carboxylic acid groups (broad SMARTS) is 1. The lowest BCUT2D eigenvalue weighted by Gasteiger charge is -2.41. The minimum absolute atomic E-state index is 0.00153. The molecule has 0 unspecified atom stereocenters. The van der Waals surface area contributed by atoms with Crippen LogP contribution in [0.25, 0.3) is 10.9 Å². The highest BCUT2D eigenvalue weighted by Gasteiger charge is 2.37. The van der Waals surface area contributed by atoms with E-state index in [0.717, 1.165) is 40.0 Å². The Morgan fingerprint density at radius 2 is 1.93 bits per heavy atom. The molecule has 7 nitrogen and oxygen atoms in total. The van der Waals surface area contributed by atoms with Gasteiger partial charge in [-0.1, -0.05) is 0 Å². The Kier molecular flexibility index (Phi) is 10.0. The maximum Gasteiger partial charge on any atom is 0.303 e. The van der Waals surface area contributed by atoms with E-state index in [4.69, 9.17) is 4.74 Å². The molecule has 0 aliphatic carbocycles. The van der Waals surface area contributed by atoms with E-state index in [-0.39, 0.29) is 11.3 Å². The van der Waals surface area contributed by atoms with Gasteiger partial charge in [-0.15, -0.1) is 11.8 Å². The number of carbonyl (C=O) groups is 1. The third-order valence-electron chi connectivity index (χ3n) is 7.93. The third kappa shape index (κ3) is 7.44. The molecule has 0 spiro atoms. The van der Waals surface area contributed by atoms with Gasteiger partial charge in [-0.05, 0) is 68.5 Å². The van der Waals surface area contributed by atoms with Crippen LogP contribution in [0.4, 0.5) is 18.9 Å². The SMILES string of the molecule is COc1ccc2ncc(N(C)C)c([C@@H](O)CCC3(CC(=O)O)CCN(CCSc4cc(F)cc(F)c4F)CC3)c2c1. The Labute approximate surface area is 242 Å². The lowest BCUT2D eigenvalue weighted by atomic mass is 9.71. The topological polar surface area (TPSA) is 86.1 Å². The Hall–Kier alpha value is -3.02. The highest BCUT2D eigenvalue weighted by molar-refractivity contribution is 7.99. The maximum atomic E-state index is 14.0. The van der Waals surface area contributed by atoms with Gasteiger partial charge in [-0.2, -0.15) is 0 Å². The molecule has 2 heterocycles. The van der Waals surface area contributed by atoms with E-state index in [1.165, 1.54) is 0 Å². The zero-order valence-electron chi connectivity index (χ0n) is 23.5. The van der Waals surface area contributed by atoms with Crippen LogP contribution >= 0.6 is 11.8 Å². The highest BCUT2D eigenvalue weighted by atomic mass is 32.2. The molecule has 1 aliphatic rings. The van der Waals surface area contributed by atoms with Crippen LogP contribution in [0.5, 0.6) is 5.75 Å². The first-order valence-electron chi connectivity index (χ1n) is 13.6. The van der Waals surface area contributed by atoms with Crippen LogP contribution in [0, 0.1) is 22.9 Å². The number of anilines is 1. The number of ether oxygens (including phenoxy) is 1. The molecule has 1 fully saturated rings. The standard InChI is InChI=1S/C30H36F3N3O4S/c1-35(2)24-18-34-23-5-4-20(40-3)16-21(23)28(24)25(37)6-7-30(17-27(38)39)8-10-36(11-9-30)12-13-41-26-15-19(31)14-22(32)29(26)33/h4-5,14-16,18,25,37H,6-13,17H2,1-3H3,(H,38,39)/t25-/m0/s1. The van der Waals surface area contributed by atoms with E-state index in [1.807, 2.05) is 37.2 Å². The number of benzene rings is 2. The molecule has 2 N–H and O–H groups in total. The predicted molar refractivity (Wildman–Crippen MR) is 154 cm³/mol. The molecule has 0 amide bonds. The molecule has 0 radical (unpaired) electrons. The second-order valence-corrected chi connectivity index (χ2v) is 12.0. The first kappa shape index (κ1) is 30.9. The van der Waals surface area contributed by atoms with Gasteiger partial charge in [0.05, 0.1) is 37.0 Å². The fourth-order valence-electron chi connectivity index (χ4n) is 5.61. The van der Waals surface area contributed by atoms with Gasteiger partial charge in [0.1, 0.15) is 11.6 Å². The van der Waals surface area contributed by atoms with Crippen molar-refractivity contribution in [3.8, 4) is 5.75 Å². The molecule has 11 heteroatoms. The Balaban J connectivity index is 1.43. The lowest BCUT2D eigenvalue weighted by molar-refractivity contribution is -0.141. The number of methoxy groups -OCH3 is 1. The van der Waals surface area contributed by atoms with Crippen LogP contribution in [0.2, 0.25) is 0 Å². The minimum Gasteiger partial charge on any atom is -0.497 e. The first-order valence-corrected chi connectivity index (χ1v) is 14.5. The molecule has 1 atom stereocenters. The van der Waals surface area contributed by atoms with E-state index in [2.05, 4.69) is 9.88 Å². The molecule has 222 valence electrons. The van der Waals surface area contributed by atoms with Crippen LogP contribution in [0.1, 0.15) is 43.8 Å². The normalized spacial score (nSPS) is 16.1. The Bertz CT molecular complexity index is 1380. The number of likely N-dealkylation sites (tertiary alicyclic amines) is 1. The number of aliphatic hydroxyl groups is 1. The number of halogens is 3. The summed E-state index contributed by atoms with van der Waals surface area (Å²) in [6, 6.07) is 7.05. The van der Waals surface area contributed by atoms with Crippen molar-refractivity contribution in [2.24, 2.45) is 5.41 Å². The van der Waals surface area contributed by atoms with E-state index < -0.39 is 34.9 Å². The number of fused-ring (bicyclic) bond motifs is 1. The number of aliphatic carboxylic acids is 1. The highest BCUT2D eigenvalue weighted by Crippen LogP contribution is 2.43. The summed E-state index contributed by atoms with van der Waals surface area (Å²) in [6.45, 7) is 1.86. The van der Waals surface area contributed by atoms with Gasteiger partial charge in [-0.3, -0.25) is 9.78 Å². The molecule has 2 aromatic carbocycles. The number of thioether (sulfide) groups is 1. The van der Waals surface area contributed by atoms with E-state index in [0.29, 0.717) is 62.9 Å². The van der Waals surface area contributed by atoms with Gasteiger partial charge in [-0.25, -0.2) is 13.2 Å². The lowest BCUT2D eigenvalue weighted by Crippen LogP contribution is -2.42. The molecule has 4 rings (SSSR count). The van der Waals surface area contributed by atoms with Crippen LogP contribution in [-0.4, -0.2) is 72.7 Å². The molecule has 0 bridgehead atoms. The fraction of sp³-hybridized carbons (Fsp3) is 0.467. The number of hydrogen-bond acceptors (Lipinski definition) is 7. The molecular formula is C30H36F3N3O4S. The summed E-state index contributed by atoms with van der Waals surface area (Å²) in [5.74, 6) is -2.85. The molecular weight excluding hydrogens is 555 g/mol. The van der Waals surface area contributed by atoms with Crippen LogP contribution in [0.3, 0.4) is 0 Å². The summed E-state index contributed by atoms with van der Waals surface area (Å²) in [5, 5.41) is 22.0. The van der Waals surface area contributed by atoms with Crippen molar-refractivity contribution >= 4 is 34.3 Å². The van der Waals surface area contributed by atoms with Gasteiger partial charge < -0.3 is 24.7 Å². The Morgan fingerprint density at radius 1 is 1.20 bits per heavy atom. The van der Waals surface area contributed by atoms with Crippen molar-refractivity contribution in [2.75, 3.05) is 51.5 Å². The predicted octanol–water partition coefficient (Wildman–Crippen LogP) is 5.89. The number of aromatic nitrogens is 1. The number of carboxylic acids is 1. The van der Waals surface area contributed by atoms with E-state index >= 15 is 0 Å². The van der Waals surface area contributed by atoms with Crippen molar-refractivity contribution in [3.05, 3.63) is 59.5 Å². The van der Waals surface area contributed by atoms with Gasteiger partial charge >= 0.3 is 5.97 Å². The second-order valence-electron chi connectivity index (χ2n) is 10.8. The van der Waals surface area contributed by atoms with E-state index in [1.54, 1.807) is 13.3 Å². The first-order chi connectivity index (χ1) is 19.5. The molecule has 41 heavy (non-hydrogen) atoms. The Morgan fingerprint density at radius 3 is 2.59 bits per heavy atom. The molecule has 1 saturated heterocycles. The average Bonchev–Trinajstić information content (AvgIpc) is 2.94. The summed E-state index contributed by atoms with van der Waals surface area (Å²) < 4.78 is 46.4. The number of rotatable bonds is 12. The molecule has 0 saturated carbocycles. The molecule has 3 aromatic rings. The van der Waals surface area contributed by atoms with Crippen molar-refractivity contribution in [1.82, 2.24) is 9.88 Å². The van der Waals surface area contributed by atoms with Crippen molar-refractivity contribution < 1.29 is 32.9 Å². The van der Waals surface area contributed by atoms with Crippen molar-refractivity contribution in [1.29, 1.82) is 0 Å². The summed E-state index contributed by atoms with van der Waals surface area (Å²) in [5.41, 5.74) is 1.78. The largest absolute Gasteiger partial charge is 0.497 e. The van der Waals surface area contributed by atoms with Crippen LogP contribution < -0.4 is 9.64 Å². The summed E-state index contributed by atoms with van der Waals surface area (Å²) in [4.78, 5) is 20.4. The van der Waals surface area contributed by atoms with Gasteiger partial charge in [0, 0.05) is 48.3 Å². The quantitative estimate of drug-likeness (QED) is 0.199. The zero-order valence-corrected chi connectivity index (χ0v) is 24.3. The smallest absolute Gasteiger partial charge is 0.303 e. The minimum atomic E-state index is -1.21. The number of hydrogen-bond donors (Lipinski definition) is 2. The van der Waals surface area contributed by atoms with E-state index in [9.17, 15) is 28.2 Å². The zero-order chi connectivity index (χ0) is 29.7. The molecule has 1 aliphatic heterocycles. The number of aliphatic hydroxyl groups excluding tert-OH is 1. The average molecular weight is 592 g/mol. The van der Waals surface area contributed by atoms with Crippen molar-refractivity contribution in [3.63, 3.8) is 0 Å². The van der Waals surface area contributed by atoms with Crippen LogP contribution in [0.15, 0.2) is 41.4 Å².